The second-order valence-electron chi connectivity index (χ2n) is 5.19. The minimum Gasteiger partial charge on any atom is -0.375 e. The van der Waals surface area contributed by atoms with Crippen molar-refractivity contribution in [3.05, 3.63) is 11.2 Å². The van der Waals surface area contributed by atoms with Crippen LogP contribution in [0.4, 0.5) is 5.13 Å². The average Bonchev–Trinajstić information content (AvgIpc) is 3.03. The highest BCUT2D eigenvalue weighted by molar-refractivity contribution is 7.13. The molecule has 7 nitrogen and oxygen atoms in total. The molecule has 0 bridgehead atoms. The molecule has 2 aromatic rings. The van der Waals surface area contributed by atoms with E-state index in [0.717, 1.165) is 31.9 Å². The van der Waals surface area contributed by atoms with Gasteiger partial charge in [0.15, 0.2) is 11.0 Å². The summed E-state index contributed by atoms with van der Waals surface area (Å²) < 4.78 is 5.26. The number of hydrogen-bond donors (Lipinski definition) is 1. The molecule has 1 saturated heterocycles. The van der Waals surface area contributed by atoms with E-state index in [2.05, 4.69) is 39.0 Å². The zero-order valence-electron chi connectivity index (χ0n) is 11.6. The van der Waals surface area contributed by atoms with Gasteiger partial charge in [-0.1, -0.05) is 5.16 Å². The maximum Gasteiger partial charge on any atom is 0.277 e. The molecule has 8 heteroatoms. The SMILES string of the molecule is CN1CCN(C)C(Cc2noc(-c3csc(N)n3)n2)C1. The van der Waals surface area contributed by atoms with Crippen LogP contribution in [0.15, 0.2) is 9.90 Å². The molecule has 0 saturated carbocycles. The Kier molecular flexibility index (Phi) is 3.68. The number of hydrogen-bond acceptors (Lipinski definition) is 8. The van der Waals surface area contributed by atoms with Crippen molar-refractivity contribution in [2.24, 2.45) is 0 Å². The van der Waals surface area contributed by atoms with Gasteiger partial charge < -0.3 is 20.1 Å². The number of nitrogens with zero attached hydrogens (tertiary/aromatic N) is 5. The van der Waals surface area contributed by atoms with Crippen LogP contribution in [0.5, 0.6) is 0 Å². The Morgan fingerprint density at radius 2 is 2.25 bits per heavy atom. The van der Waals surface area contributed by atoms with E-state index in [0.29, 0.717) is 22.8 Å². The van der Waals surface area contributed by atoms with Crippen molar-refractivity contribution >= 4 is 16.5 Å². The molecule has 0 amide bonds. The average molecular weight is 294 g/mol. The monoisotopic (exact) mass is 294 g/mol. The van der Waals surface area contributed by atoms with Gasteiger partial charge in [-0.2, -0.15) is 4.98 Å². The molecule has 2 N–H and O–H groups in total. The van der Waals surface area contributed by atoms with Gasteiger partial charge in [0.05, 0.1) is 0 Å². The van der Waals surface area contributed by atoms with E-state index in [1.165, 1.54) is 11.3 Å². The summed E-state index contributed by atoms with van der Waals surface area (Å²) >= 11 is 1.37. The molecule has 20 heavy (non-hydrogen) atoms. The van der Waals surface area contributed by atoms with Crippen LogP contribution in [0.2, 0.25) is 0 Å². The second kappa shape index (κ2) is 5.47. The quantitative estimate of drug-likeness (QED) is 0.885. The standard InChI is InChI=1S/C12H18N6OS/c1-17-3-4-18(2)8(6-17)5-10-15-11(19-16-10)9-7-20-12(13)14-9/h7-8H,3-6H2,1-2H3,(H2,13,14). The highest BCUT2D eigenvalue weighted by atomic mass is 32.1. The zero-order valence-corrected chi connectivity index (χ0v) is 12.4. The summed E-state index contributed by atoms with van der Waals surface area (Å²) in [7, 11) is 4.28. The third-order valence-corrected chi connectivity index (χ3v) is 4.28. The van der Waals surface area contributed by atoms with Crippen LogP contribution in [-0.2, 0) is 6.42 Å². The fourth-order valence-electron chi connectivity index (χ4n) is 2.36. The Balaban J connectivity index is 1.70. The highest BCUT2D eigenvalue weighted by Crippen LogP contribution is 2.22. The van der Waals surface area contributed by atoms with E-state index in [1.807, 2.05) is 5.38 Å². The maximum absolute atomic E-state index is 5.61. The summed E-state index contributed by atoms with van der Waals surface area (Å²) in [6.07, 6.45) is 0.782. The highest BCUT2D eigenvalue weighted by Gasteiger charge is 2.24. The maximum atomic E-state index is 5.61. The van der Waals surface area contributed by atoms with Gasteiger partial charge in [-0.05, 0) is 14.1 Å². The third-order valence-electron chi connectivity index (χ3n) is 3.61. The molecule has 1 aliphatic heterocycles. The number of nitrogen functional groups attached to an aromatic ring is 1. The van der Waals surface area contributed by atoms with E-state index < -0.39 is 0 Å². The molecule has 1 fully saturated rings. The Morgan fingerprint density at radius 3 is 3.00 bits per heavy atom. The first-order valence-corrected chi connectivity index (χ1v) is 7.42. The molecule has 0 aliphatic carbocycles. The van der Waals surface area contributed by atoms with Crippen molar-refractivity contribution in [2.45, 2.75) is 12.5 Å². The van der Waals surface area contributed by atoms with Crippen LogP contribution in [-0.4, -0.2) is 64.7 Å². The number of piperazine rings is 1. The van der Waals surface area contributed by atoms with Crippen molar-refractivity contribution in [3.63, 3.8) is 0 Å². The summed E-state index contributed by atoms with van der Waals surface area (Å²) in [6, 6.07) is 0.416. The lowest BCUT2D eigenvalue weighted by Crippen LogP contribution is -2.50. The van der Waals surface area contributed by atoms with Gasteiger partial charge in [0.2, 0.25) is 0 Å². The van der Waals surface area contributed by atoms with Gasteiger partial charge in [0.1, 0.15) is 5.69 Å². The van der Waals surface area contributed by atoms with Crippen molar-refractivity contribution in [3.8, 4) is 11.6 Å². The number of likely N-dealkylation sites (N-methyl/N-ethyl adjacent to an activating group) is 2. The number of aromatic nitrogens is 3. The fraction of sp³-hybridized carbons (Fsp3) is 0.583. The predicted octanol–water partition coefficient (Wildman–Crippen LogP) is 0.564. The van der Waals surface area contributed by atoms with E-state index in [-0.39, 0.29) is 0 Å². The molecule has 3 rings (SSSR count). The third kappa shape index (κ3) is 2.82. The molecular formula is C12H18N6OS. The molecule has 1 unspecified atom stereocenters. The molecule has 0 radical (unpaired) electrons. The Bertz CT molecular complexity index is 582. The number of thiazole rings is 1. The first-order chi connectivity index (χ1) is 9.61. The minimum absolute atomic E-state index is 0.416. The normalized spacial score (nSPS) is 21.4. The van der Waals surface area contributed by atoms with Gasteiger partial charge in [0, 0.05) is 37.5 Å². The molecule has 1 aliphatic rings. The lowest BCUT2D eigenvalue weighted by Gasteiger charge is -2.37. The first kappa shape index (κ1) is 13.5. The van der Waals surface area contributed by atoms with Crippen molar-refractivity contribution < 1.29 is 4.52 Å². The largest absolute Gasteiger partial charge is 0.375 e. The summed E-state index contributed by atoms with van der Waals surface area (Å²) in [5, 5.41) is 6.38. The smallest absolute Gasteiger partial charge is 0.277 e. The summed E-state index contributed by atoms with van der Waals surface area (Å²) in [4.78, 5) is 13.2. The van der Waals surface area contributed by atoms with Crippen LogP contribution in [0, 0.1) is 0 Å². The lowest BCUT2D eigenvalue weighted by atomic mass is 10.1. The van der Waals surface area contributed by atoms with Gasteiger partial charge >= 0.3 is 0 Å². The van der Waals surface area contributed by atoms with Gasteiger partial charge in [-0.3, -0.25) is 0 Å². The summed E-state index contributed by atoms with van der Waals surface area (Å²) in [6.45, 7) is 3.18. The van der Waals surface area contributed by atoms with Gasteiger partial charge in [-0.15, -0.1) is 11.3 Å². The molecule has 0 spiro atoms. The van der Waals surface area contributed by atoms with Gasteiger partial charge in [0.25, 0.3) is 5.89 Å². The lowest BCUT2D eigenvalue weighted by molar-refractivity contribution is 0.113. The molecular weight excluding hydrogens is 276 g/mol. The minimum atomic E-state index is 0.416. The fourth-order valence-corrected chi connectivity index (χ4v) is 2.90. The summed E-state index contributed by atoms with van der Waals surface area (Å²) in [5.41, 5.74) is 6.26. The zero-order chi connectivity index (χ0) is 14.1. The topological polar surface area (TPSA) is 84.3 Å². The Hall–Kier alpha value is -1.51. The molecule has 0 aromatic carbocycles. The Labute approximate surface area is 121 Å². The number of anilines is 1. The van der Waals surface area contributed by atoms with Crippen molar-refractivity contribution in [2.75, 3.05) is 39.5 Å². The molecule has 1 atom stereocenters. The molecule has 3 heterocycles. The Morgan fingerprint density at radius 1 is 1.40 bits per heavy atom. The van der Waals surface area contributed by atoms with Crippen molar-refractivity contribution in [1.82, 2.24) is 24.9 Å². The molecule has 2 aromatic heterocycles. The van der Waals surface area contributed by atoms with E-state index >= 15 is 0 Å². The van der Waals surface area contributed by atoms with Gasteiger partial charge in [-0.25, -0.2) is 4.98 Å². The van der Waals surface area contributed by atoms with Crippen LogP contribution >= 0.6 is 11.3 Å². The van der Waals surface area contributed by atoms with Crippen LogP contribution in [0.1, 0.15) is 5.82 Å². The van der Waals surface area contributed by atoms with E-state index in [1.54, 1.807) is 0 Å². The van der Waals surface area contributed by atoms with Crippen LogP contribution in [0.25, 0.3) is 11.6 Å². The van der Waals surface area contributed by atoms with Crippen LogP contribution < -0.4 is 5.73 Å². The van der Waals surface area contributed by atoms with Crippen LogP contribution in [0.3, 0.4) is 0 Å². The number of nitrogens with two attached hydrogens (primary N) is 1. The predicted molar refractivity (Wildman–Crippen MR) is 77.4 cm³/mol. The molecule has 108 valence electrons. The van der Waals surface area contributed by atoms with Crippen molar-refractivity contribution in [1.29, 1.82) is 0 Å². The summed E-state index contributed by atoms with van der Waals surface area (Å²) in [5.74, 6) is 1.17. The van der Waals surface area contributed by atoms with E-state index in [9.17, 15) is 0 Å². The first-order valence-electron chi connectivity index (χ1n) is 6.54. The second-order valence-corrected chi connectivity index (χ2v) is 6.08. The number of rotatable bonds is 3. The van der Waals surface area contributed by atoms with E-state index in [4.69, 9.17) is 10.3 Å².